The summed E-state index contributed by atoms with van der Waals surface area (Å²) in [7, 11) is 0. The van der Waals surface area contributed by atoms with E-state index in [1.54, 1.807) is 0 Å². The van der Waals surface area contributed by atoms with Crippen molar-refractivity contribution in [3.05, 3.63) is 0 Å². The molecule has 2 saturated carbocycles. The first-order valence-electron chi connectivity index (χ1n) is 3.92. The second-order valence-electron chi connectivity index (χ2n) is 3.84. The number of rotatable bonds is 0. The van der Waals surface area contributed by atoms with Gasteiger partial charge in [-0.3, -0.25) is 0 Å². The number of hydrogen-bond acceptors (Lipinski definition) is 1. The molecule has 1 N–H and O–H groups in total. The first-order chi connectivity index (χ1) is 4.20. The summed E-state index contributed by atoms with van der Waals surface area (Å²) in [6.07, 6.45) is 4.97. The van der Waals surface area contributed by atoms with Crippen molar-refractivity contribution in [2.45, 2.75) is 38.2 Å². The molecule has 0 spiro atoms. The van der Waals surface area contributed by atoms with Gasteiger partial charge in [0.05, 0.1) is 5.60 Å². The van der Waals surface area contributed by atoms with E-state index in [4.69, 9.17) is 0 Å². The van der Waals surface area contributed by atoms with Gasteiger partial charge in [0.1, 0.15) is 0 Å². The van der Waals surface area contributed by atoms with Crippen LogP contribution in [0.1, 0.15) is 32.6 Å². The molecule has 3 atom stereocenters. The van der Waals surface area contributed by atoms with Crippen LogP contribution < -0.4 is 0 Å². The second-order valence-corrected chi connectivity index (χ2v) is 3.84. The van der Waals surface area contributed by atoms with E-state index in [9.17, 15) is 5.11 Å². The standard InChI is InChI=1S/C8H14O/c1-8(9)5-4-6-2-3-7(6)8/h6-7,9H,2-5H2,1H3/t6-,7-,8+/m1/s1. The zero-order chi connectivity index (χ0) is 6.48. The zero-order valence-electron chi connectivity index (χ0n) is 5.93. The van der Waals surface area contributed by atoms with Gasteiger partial charge < -0.3 is 5.11 Å². The largest absolute Gasteiger partial charge is 0.390 e. The molecular formula is C8H14O. The van der Waals surface area contributed by atoms with Gasteiger partial charge in [-0.2, -0.15) is 0 Å². The Bertz CT molecular complexity index is 129. The van der Waals surface area contributed by atoms with Gasteiger partial charge >= 0.3 is 0 Å². The molecule has 0 aliphatic heterocycles. The number of aliphatic hydroxyl groups is 1. The fourth-order valence-corrected chi connectivity index (χ4v) is 2.40. The first-order valence-corrected chi connectivity index (χ1v) is 3.92. The Balaban J connectivity index is 2.14. The van der Waals surface area contributed by atoms with Crippen LogP contribution in [-0.2, 0) is 0 Å². The van der Waals surface area contributed by atoms with Crippen molar-refractivity contribution in [1.29, 1.82) is 0 Å². The second kappa shape index (κ2) is 1.51. The van der Waals surface area contributed by atoms with Gasteiger partial charge in [0.2, 0.25) is 0 Å². The Kier molecular flexibility index (Phi) is 0.963. The van der Waals surface area contributed by atoms with E-state index in [2.05, 4.69) is 0 Å². The smallest absolute Gasteiger partial charge is 0.0650 e. The third-order valence-electron chi connectivity index (χ3n) is 3.24. The van der Waals surface area contributed by atoms with Crippen molar-refractivity contribution < 1.29 is 5.11 Å². The predicted molar refractivity (Wildman–Crippen MR) is 36.1 cm³/mol. The fourth-order valence-electron chi connectivity index (χ4n) is 2.40. The van der Waals surface area contributed by atoms with Crippen molar-refractivity contribution >= 4 is 0 Å². The van der Waals surface area contributed by atoms with Crippen molar-refractivity contribution in [2.75, 3.05) is 0 Å². The van der Waals surface area contributed by atoms with E-state index in [0.717, 1.165) is 12.3 Å². The van der Waals surface area contributed by atoms with Crippen molar-refractivity contribution in [3.8, 4) is 0 Å². The molecular weight excluding hydrogens is 112 g/mol. The lowest BCUT2D eigenvalue weighted by Crippen LogP contribution is -2.37. The summed E-state index contributed by atoms with van der Waals surface area (Å²) in [6, 6.07) is 0. The lowest BCUT2D eigenvalue weighted by molar-refractivity contribution is -0.0228. The van der Waals surface area contributed by atoms with Crippen LogP contribution in [-0.4, -0.2) is 10.7 Å². The molecule has 1 nitrogen and oxygen atoms in total. The van der Waals surface area contributed by atoms with Crippen LogP contribution in [0.4, 0.5) is 0 Å². The summed E-state index contributed by atoms with van der Waals surface area (Å²) in [5.74, 6) is 1.55. The van der Waals surface area contributed by atoms with E-state index in [-0.39, 0.29) is 5.60 Å². The van der Waals surface area contributed by atoms with E-state index < -0.39 is 0 Å². The number of hydrogen-bond donors (Lipinski definition) is 1. The fraction of sp³-hybridized carbons (Fsp3) is 1.00. The molecule has 2 fully saturated rings. The zero-order valence-corrected chi connectivity index (χ0v) is 5.93. The van der Waals surface area contributed by atoms with Crippen LogP contribution in [0.2, 0.25) is 0 Å². The van der Waals surface area contributed by atoms with Crippen LogP contribution in [0.3, 0.4) is 0 Å². The van der Waals surface area contributed by atoms with Gasteiger partial charge in [-0.15, -0.1) is 0 Å². The Morgan fingerprint density at radius 3 is 2.33 bits per heavy atom. The molecule has 2 aliphatic rings. The molecule has 0 aromatic rings. The van der Waals surface area contributed by atoms with Gasteiger partial charge in [-0.05, 0) is 44.4 Å². The molecule has 1 heteroatoms. The normalized spacial score (nSPS) is 56.7. The molecule has 52 valence electrons. The van der Waals surface area contributed by atoms with Gasteiger partial charge in [0.25, 0.3) is 0 Å². The Morgan fingerprint density at radius 2 is 2.11 bits per heavy atom. The molecule has 2 rings (SSSR count). The van der Waals surface area contributed by atoms with Crippen molar-refractivity contribution in [1.82, 2.24) is 0 Å². The maximum atomic E-state index is 9.68. The van der Waals surface area contributed by atoms with Crippen LogP contribution in [0.15, 0.2) is 0 Å². The maximum Gasteiger partial charge on any atom is 0.0650 e. The van der Waals surface area contributed by atoms with Crippen LogP contribution >= 0.6 is 0 Å². The summed E-state index contributed by atoms with van der Waals surface area (Å²) in [5.41, 5.74) is -0.289. The quantitative estimate of drug-likeness (QED) is 0.522. The van der Waals surface area contributed by atoms with Crippen LogP contribution in [0.5, 0.6) is 0 Å². The molecule has 9 heavy (non-hydrogen) atoms. The number of fused-ring (bicyclic) bond motifs is 1. The van der Waals surface area contributed by atoms with Gasteiger partial charge in [-0.25, -0.2) is 0 Å². The van der Waals surface area contributed by atoms with Crippen molar-refractivity contribution in [2.24, 2.45) is 11.8 Å². The topological polar surface area (TPSA) is 20.2 Å². The molecule has 2 aliphatic carbocycles. The van der Waals surface area contributed by atoms with Gasteiger partial charge in [-0.1, -0.05) is 0 Å². The molecule has 0 aromatic heterocycles. The van der Waals surface area contributed by atoms with E-state index in [1.807, 2.05) is 6.92 Å². The minimum atomic E-state index is -0.289. The highest BCUT2D eigenvalue weighted by molar-refractivity contribution is 4.99. The third kappa shape index (κ3) is 0.644. The lowest BCUT2D eigenvalue weighted by Gasteiger charge is -2.37. The third-order valence-corrected chi connectivity index (χ3v) is 3.24. The summed E-state index contributed by atoms with van der Waals surface area (Å²) >= 11 is 0. The minimum Gasteiger partial charge on any atom is -0.390 e. The van der Waals surface area contributed by atoms with E-state index in [0.29, 0.717) is 5.92 Å². The van der Waals surface area contributed by atoms with Crippen LogP contribution in [0, 0.1) is 11.8 Å². The molecule has 0 aromatic carbocycles. The highest BCUT2D eigenvalue weighted by Crippen LogP contribution is 2.52. The van der Waals surface area contributed by atoms with Crippen LogP contribution in [0.25, 0.3) is 0 Å². The molecule has 0 bridgehead atoms. The summed E-state index contributed by atoms with van der Waals surface area (Å²) in [5, 5.41) is 9.68. The first kappa shape index (κ1) is 5.72. The van der Waals surface area contributed by atoms with E-state index >= 15 is 0 Å². The highest BCUT2D eigenvalue weighted by Gasteiger charge is 2.48. The van der Waals surface area contributed by atoms with Crippen molar-refractivity contribution in [3.63, 3.8) is 0 Å². The summed E-state index contributed by atoms with van der Waals surface area (Å²) in [6.45, 7) is 2.00. The monoisotopic (exact) mass is 126 g/mol. The molecule has 0 saturated heterocycles. The highest BCUT2D eigenvalue weighted by atomic mass is 16.3. The molecule has 0 radical (unpaired) electrons. The summed E-state index contributed by atoms with van der Waals surface area (Å²) in [4.78, 5) is 0. The SMILES string of the molecule is C[C@]1(O)CC[C@H]2CC[C@H]21. The molecule has 0 amide bonds. The predicted octanol–water partition coefficient (Wildman–Crippen LogP) is 1.56. The lowest BCUT2D eigenvalue weighted by atomic mass is 9.71. The molecule has 0 unspecified atom stereocenters. The van der Waals surface area contributed by atoms with E-state index in [1.165, 1.54) is 19.3 Å². The van der Waals surface area contributed by atoms with Gasteiger partial charge in [0.15, 0.2) is 0 Å². The Labute approximate surface area is 56.1 Å². The Hall–Kier alpha value is -0.0400. The summed E-state index contributed by atoms with van der Waals surface area (Å²) < 4.78 is 0. The average Bonchev–Trinajstić information content (AvgIpc) is 1.74. The average molecular weight is 126 g/mol. The maximum absolute atomic E-state index is 9.68. The molecule has 0 heterocycles. The van der Waals surface area contributed by atoms with Gasteiger partial charge in [0, 0.05) is 0 Å². The minimum absolute atomic E-state index is 0.289. The Morgan fingerprint density at radius 1 is 1.33 bits per heavy atom.